The highest BCUT2D eigenvalue weighted by Crippen LogP contribution is 2.41. The molecule has 5 heteroatoms. The first-order valence-corrected chi connectivity index (χ1v) is 7.21. The second-order valence-corrected chi connectivity index (χ2v) is 5.53. The molecule has 0 radical (unpaired) electrons. The Labute approximate surface area is 127 Å². The quantitative estimate of drug-likeness (QED) is 0.673. The second kappa shape index (κ2) is 6.02. The summed E-state index contributed by atoms with van der Waals surface area (Å²) in [5, 5.41) is 0.374. The highest BCUT2D eigenvalue weighted by atomic mass is 35.5. The lowest BCUT2D eigenvalue weighted by atomic mass is 9.83. The van der Waals surface area contributed by atoms with Crippen LogP contribution in [0.5, 0.6) is 5.75 Å². The number of nitrogens with two attached hydrogens (primary N) is 1. The van der Waals surface area contributed by atoms with Gasteiger partial charge in [-0.3, -0.25) is 11.3 Å². The molecule has 2 unspecified atom stereocenters. The molecule has 0 aliphatic carbocycles. The molecule has 110 valence electrons. The fourth-order valence-corrected chi connectivity index (χ4v) is 3.05. The summed E-state index contributed by atoms with van der Waals surface area (Å²) in [4.78, 5) is 0. The highest BCUT2D eigenvalue weighted by molar-refractivity contribution is 6.30. The smallest absolute Gasteiger partial charge is 0.129 e. The summed E-state index contributed by atoms with van der Waals surface area (Å²) in [6.45, 7) is 0.592. The monoisotopic (exact) mass is 306 g/mol. The van der Waals surface area contributed by atoms with E-state index in [1.165, 1.54) is 6.07 Å². The van der Waals surface area contributed by atoms with E-state index in [2.05, 4.69) is 5.43 Å². The van der Waals surface area contributed by atoms with Crippen molar-refractivity contribution >= 4 is 11.6 Å². The highest BCUT2D eigenvalue weighted by Gasteiger charge is 2.30. The van der Waals surface area contributed by atoms with Gasteiger partial charge in [-0.25, -0.2) is 4.39 Å². The Morgan fingerprint density at radius 3 is 2.86 bits per heavy atom. The minimum Gasteiger partial charge on any atom is -0.493 e. The molecule has 0 spiro atoms. The number of fused-ring (bicyclic) bond motifs is 1. The molecule has 0 aromatic heterocycles. The molecule has 3 rings (SSSR count). The Morgan fingerprint density at radius 1 is 1.29 bits per heavy atom. The summed E-state index contributed by atoms with van der Waals surface area (Å²) >= 11 is 5.82. The van der Waals surface area contributed by atoms with E-state index in [1.54, 1.807) is 12.1 Å². The Bertz CT molecular complexity index is 650. The van der Waals surface area contributed by atoms with Crippen LogP contribution in [0.25, 0.3) is 0 Å². The Kier molecular flexibility index (Phi) is 4.10. The van der Waals surface area contributed by atoms with Crippen LogP contribution in [-0.4, -0.2) is 6.61 Å². The van der Waals surface area contributed by atoms with Crippen LogP contribution in [-0.2, 0) is 0 Å². The van der Waals surface area contributed by atoms with Gasteiger partial charge < -0.3 is 4.74 Å². The number of hydrogen-bond donors (Lipinski definition) is 2. The van der Waals surface area contributed by atoms with Gasteiger partial charge in [0.25, 0.3) is 0 Å². The van der Waals surface area contributed by atoms with Gasteiger partial charge >= 0.3 is 0 Å². The zero-order chi connectivity index (χ0) is 14.8. The molecular weight excluding hydrogens is 291 g/mol. The van der Waals surface area contributed by atoms with Crippen LogP contribution in [0.4, 0.5) is 4.39 Å². The van der Waals surface area contributed by atoms with Gasteiger partial charge in [-0.2, -0.15) is 0 Å². The van der Waals surface area contributed by atoms with Crippen LogP contribution >= 0.6 is 11.6 Å². The van der Waals surface area contributed by atoms with E-state index >= 15 is 0 Å². The molecule has 0 fully saturated rings. The number of halogens is 2. The third kappa shape index (κ3) is 2.75. The van der Waals surface area contributed by atoms with Crippen molar-refractivity contribution in [3.8, 4) is 5.75 Å². The molecule has 0 saturated carbocycles. The van der Waals surface area contributed by atoms with Crippen molar-refractivity contribution < 1.29 is 9.13 Å². The normalized spacial score (nSPS) is 18.7. The summed E-state index contributed by atoms with van der Waals surface area (Å²) in [6.07, 6.45) is 0.772. The first kappa shape index (κ1) is 14.3. The van der Waals surface area contributed by atoms with Crippen LogP contribution in [0.15, 0.2) is 42.5 Å². The molecule has 0 amide bonds. The standard InChI is InChI=1S/C16H16ClFN2O/c17-10-5-6-13(14(18)9-10)16(20-19)12-7-8-21-15-4-2-1-3-11(12)15/h1-6,9,12,16,20H,7-8,19H2. The number of para-hydroxylation sites is 1. The van der Waals surface area contributed by atoms with Gasteiger partial charge in [-0.15, -0.1) is 0 Å². The average Bonchev–Trinajstić information content (AvgIpc) is 2.50. The first-order chi connectivity index (χ1) is 10.2. The van der Waals surface area contributed by atoms with Crippen LogP contribution in [0.3, 0.4) is 0 Å². The third-order valence-electron chi connectivity index (χ3n) is 3.88. The van der Waals surface area contributed by atoms with E-state index in [0.29, 0.717) is 17.2 Å². The number of rotatable bonds is 3. The topological polar surface area (TPSA) is 47.3 Å². The lowest BCUT2D eigenvalue weighted by Crippen LogP contribution is -2.35. The molecule has 21 heavy (non-hydrogen) atoms. The Hall–Kier alpha value is -1.62. The summed E-state index contributed by atoms with van der Waals surface area (Å²) in [7, 11) is 0. The number of nitrogens with one attached hydrogen (secondary N) is 1. The molecule has 2 atom stereocenters. The largest absolute Gasteiger partial charge is 0.493 e. The van der Waals surface area contributed by atoms with Gasteiger partial charge in [0.2, 0.25) is 0 Å². The lowest BCUT2D eigenvalue weighted by molar-refractivity contribution is 0.245. The maximum atomic E-state index is 14.2. The van der Waals surface area contributed by atoms with Gasteiger partial charge in [0.1, 0.15) is 11.6 Å². The zero-order valence-corrected chi connectivity index (χ0v) is 12.1. The lowest BCUT2D eigenvalue weighted by Gasteiger charge is -2.32. The number of hydrazine groups is 1. The molecule has 0 saturated heterocycles. The second-order valence-electron chi connectivity index (χ2n) is 5.09. The maximum absolute atomic E-state index is 14.2. The summed E-state index contributed by atoms with van der Waals surface area (Å²) in [6, 6.07) is 12.1. The molecule has 2 aromatic carbocycles. The first-order valence-electron chi connectivity index (χ1n) is 6.83. The van der Waals surface area contributed by atoms with E-state index in [9.17, 15) is 4.39 Å². The van der Waals surface area contributed by atoms with Crippen LogP contribution in [0.1, 0.15) is 29.5 Å². The van der Waals surface area contributed by atoms with Crippen molar-refractivity contribution in [3.63, 3.8) is 0 Å². The molecule has 3 N–H and O–H groups in total. The molecule has 3 nitrogen and oxygen atoms in total. The predicted octanol–water partition coefficient (Wildman–Crippen LogP) is 3.55. The molecule has 0 bridgehead atoms. The summed E-state index contributed by atoms with van der Waals surface area (Å²) < 4.78 is 19.9. The molecule has 1 heterocycles. The van der Waals surface area contributed by atoms with Gasteiger partial charge in [0.05, 0.1) is 12.6 Å². The van der Waals surface area contributed by atoms with Crippen molar-refractivity contribution in [2.75, 3.05) is 6.61 Å². The minimum absolute atomic E-state index is 0.0515. The minimum atomic E-state index is -0.352. The van der Waals surface area contributed by atoms with E-state index < -0.39 is 0 Å². The molecular formula is C16H16ClFN2O. The van der Waals surface area contributed by atoms with Crippen molar-refractivity contribution in [1.82, 2.24) is 5.43 Å². The third-order valence-corrected chi connectivity index (χ3v) is 4.12. The van der Waals surface area contributed by atoms with Crippen LogP contribution < -0.4 is 16.0 Å². The van der Waals surface area contributed by atoms with Crippen LogP contribution in [0, 0.1) is 5.82 Å². The fourth-order valence-electron chi connectivity index (χ4n) is 2.89. The van der Waals surface area contributed by atoms with E-state index in [1.807, 2.05) is 24.3 Å². The zero-order valence-electron chi connectivity index (χ0n) is 11.4. The average molecular weight is 307 g/mol. The van der Waals surface area contributed by atoms with Crippen LogP contribution in [0.2, 0.25) is 5.02 Å². The SMILES string of the molecule is NNC(c1ccc(Cl)cc1F)C1CCOc2ccccc21. The fraction of sp³-hybridized carbons (Fsp3) is 0.250. The van der Waals surface area contributed by atoms with Crippen molar-refractivity contribution in [2.24, 2.45) is 5.84 Å². The number of ether oxygens (including phenoxy) is 1. The molecule has 1 aliphatic heterocycles. The summed E-state index contributed by atoms with van der Waals surface area (Å²) in [5.41, 5.74) is 4.31. The number of hydrogen-bond acceptors (Lipinski definition) is 3. The van der Waals surface area contributed by atoms with Crippen molar-refractivity contribution in [3.05, 3.63) is 64.4 Å². The Morgan fingerprint density at radius 2 is 2.10 bits per heavy atom. The van der Waals surface area contributed by atoms with Crippen molar-refractivity contribution in [2.45, 2.75) is 18.4 Å². The van der Waals surface area contributed by atoms with Crippen molar-refractivity contribution in [1.29, 1.82) is 0 Å². The predicted molar refractivity (Wildman–Crippen MR) is 80.8 cm³/mol. The Balaban J connectivity index is 2.01. The van der Waals surface area contributed by atoms with Gasteiger partial charge in [-0.1, -0.05) is 35.9 Å². The molecule has 1 aliphatic rings. The number of benzene rings is 2. The van der Waals surface area contributed by atoms with E-state index in [-0.39, 0.29) is 17.8 Å². The van der Waals surface area contributed by atoms with E-state index in [0.717, 1.165) is 17.7 Å². The van der Waals surface area contributed by atoms with Gasteiger partial charge in [0, 0.05) is 16.5 Å². The summed E-state index contributed by atoms with van der Waals surface area (Å²) in [5.74, 6) is 6.24. The van der Waals surface area contributed by atoms with Gasteiger partial charge in [0.15, 0.2) is 0 Å². The van der Waals surface area contributed by atoms with E-state index in [4.69, 9.17) is 22.2 Å². The maximum Gasteiger partial charge on any atom is 0.129 e. The molecule has 2 aromatic rings. The van der Waals surface area contributed by atoms with Gasteiger partial charge in [-0.05, 0) is 30.2 Å².